The molecule has 0 aliphatic carbocycles. The predicted molar refractivity (Wildman–Crippen MR) is 117 cm³/mol. The molecule has 10 nitrogen and oxygen atoms in total. The number of nitrogens with zero attached hydrogens (tertiary/aromatic N) is 6. The highest BCUT2D eigenvalue weighted by atomic mass is 35.5. The van der Waals surface area contributed by atoms with Gasteiger partial charge in [0.15, 0.2) is 5.82 Å². The Hall–Kier alpha value is -2.63. The van der Waals surface area contributed by atoms with Crippen LogP contribution < -0.4 is 4.72 Å². The summed E-state index contributed by atoms with van der Waals surface area (Å²) in [7, 11) is -2.29. The van der Waals surface area contributed by atoms with Crippen LogP contribution in [0.2, 0.25) is 5.02 Å². The van der Waals surface area contributed by atoms with E-state index in [0.717, 1.165) is 0 Å². The van der Waals surface area contributed by atoms with Crippen molar-refractivity contribution in [3.63, 3.8) is 0 Å². The van der Waals surface area contributed by atoms with Crippen molar-refractivity contribution in [1.29, 1.82) is 0 Å². The molecule has 1 N–H and O–H groups in total. The topological polar surface area (TPSA) is 125 Å². The van der Waals surface area contributed by atoms with Crippen LogP contribution in [0, 0.1) is 0 Å². The fraction of sp³-hybridized carbons (Fsp3) is 0.421. The van der Waals surface area contributed by atoms with E-state index in [0.29, 0.717) is 29.0 Å². The highest BCUT2D eigenvalue weighted by molar-refractivity contribution is 7.93. The van der Waals surface area contributed by atoms with Gasteiger partial charge in [-0.2, -0.15) is 0 Å². The average Bonchev–Trinajstić information content (AvgIpc) is 3.17. The van der Waals surface area contributed by atoms with Gasteiger partial charge in [0.2, 0.25) is 16.0 Å². The molecule has 0 radical (unpaired) electrons. The van der Waals surface area contributed by atoms with E-state index in [1.165, 1.54) is 12.4 Å². The van der Waals surface area contributed by atoms with E-state index in [-0.39, 0.29) is 12.0 Å². The van der Waals surface area contributed by atoms with E-state index in [4.69, 9.17) is 16.3 Å². The van der Waals surface area contributed by atoms with Crippen molar-refractivity contribution in [3.8, 4) is 11.5 Å². The summed E-state index contributed by atoms with van der Waals surface area (Å²) >= 11 is 5.83. The first-order valence-electron chi connectivity index (χ1n) is 9.59. The van der Waals surface area contributed by atoms with Crippen LogP contribution in [0.25, 0.3) is 11.5 Å². The van der Waals surface area contributed by atoms with Gasteiger partial charge in [0, 0.05) is 31.6 Å². The summed E-state index contributed by atoms with van der Waals surface area (Å²) in [6, 6.07) is 5.14. The molecule has 31 heavy (non-hydrogen) atoms. The lowest BCUT2D eigenvalue weighted by Gasteiger charge is -2.22. The minimum atomic E-state index is -3.86. The second kappa shape index (κ2) is 9.67. The zero-order valence-electron chi connectivity index (χ0n) is 17.6. The fourth-order valence-electron chi connectivity index (χ4n) is 3.02. The Morgan fingerprint density at radius 2 is 1.84 bits per heavy atom. The second-order valence-corrected chi connectivity index (χ2v) is 9.61. The largest absolute Gasteiger partial charge is 0.383 e. The minimum absolute atomic E-state index is 0.0845. The quantitative estimate of drug-likeness (QED) is 0.511. The standard InChI is InChI=1S/C19H24ClN7O3S/c1-12(11-30-4)27-18(16-7-5-6-8-21-16)24-25-19(27)26-31(28,29)14(3)13(2)17-22-9-15(20)10-23-17/h5-10,12-14H,11H2,1-4H3,(H,25,26)/t12-,13-,14-/m0/s1. The number of hydrogen-bond acceptors (Lipinski definition) is 8. The Labute approximate surface area is 186 Å². The zero-order chi connectivity index (χ0) is 22.6. The molecule has 0 aliphatic rings. The molecule has 12 heteroatoms. The molecule has 0 spiro atoms. The summed E-state index contributed by atoms with van der Waals surface area (Å²) in [4.78, 5) is 12.6. The van der Waals surface area contributed by atoms with Crippen LogP contribution >= 0.6 is 11.6 Å². The molecule has 0 aromatic carbocycles. The maximum Gasteiger partial charge on any atom is 0.238 e. The van der Waals surface area contributed by atoms with Gasteiger partial charge in [0.1, 0.15) is 11.5 Å². The number of ether oxygens (including phenoxy) is 1. The van der Waals surface area contributed by atoms with Crippen LogP contribution in [-0.2, 0) is 14.8 Å². The first-order chi connectivity index (χ1) is 14.7. The summed E-state index contributed by atoms with van der Waals surface area (Å²) in [6.45, 7) is 5.54. The van der Waals surface area contributed by atoms with Gasteiger partial charge < -0.3 is 4.74 Å². The van der Waals surface area contributed by atoms with E-state index in [1.54, 1.807) is 43.9 Å². The molecule has 0 fully saturated rings. The van der Waals surface area contributed by atoms with E-state index < -0.39 is 21.2 Å². The van der Waals surface area contributed by atoms with Crippen LogP contribution in [0.15, 0.2) is 36.8 Å². The smallest absolute Gasteiger partial charge is 0.238 e. The van der Waals surface area contributed by atoms with Crippen molar-refractivity contribution in [2.45, 2.75) is 38.0 Å². The highest BCUT2D eigenvalue weighted by Crippen LogP contribution is 2.27. The van der Waals surface area contributed by atoms with Gasteiger partial charge in [-0.15, -0.1) is 10.2 Å². The third-order valence-electron chi connectivity index (χ3n) is 4.91. The van der Waals surface area contributed by atoms with Crippen LogP contribution in [0.3, 0.4) is 0 Å². The van der Waals surface area contributed by atoms with Crippen molar-refractivity contribution < 1.29 is 13.2 Å². The van der Waals surface area contributed by atoms with Gasteiger partial charge >= 0.3 is 0 Å². The third-order valence-corrected chi connectivity index (χ3v) is 6.96. The van der Waals surface area contributed by atoms with Gasteiger partial charge in [0.05, 0.1) is 22.9 Å². The maximum absolute atomic E-state index is 13.1. The van der Waals surface area contributed by atoms with Crippen molar-refractivity contribution in [2.75, 3.05) is 18.4 Å². The number of sulfonamides is 1. The van der Waals surface area contributed by atoms with Crippen molar-refractivity contribution in [2.24, 2.45) is 0 Å². The lowest BCUT2D eigenvalue weighted by Crippen LogP contribution is -2.32. The molecular weight excluding hydrogens is 442 g/mol. The van der Waals surface area contributed by atoms with Crippen LogP contribution in [0.4, 0.5) is 5.95 Å². The molecule has 166 valence electrons. The highest BCUT2D eigenvalue weighted by Gasteiger charge is 2.32. The summed E-state index contributed by atoms with van der Waals surface area (Å²) in [5.41, 5.74) is 0.569. The van der Waals surface area contributed by atoms with Crippen molar-refractivity contribution >= 4 is 27.6 Å². The lowest BCUT2D eigenvalue weighted by atomic mass is 10.1. The molecule has 0 unspecified atom stereocenters. The number of halogens is 1. The Morgan fingerprint density at radius 3 is 2.45 bits per heavy atom. The van der Waals surface area contributed by atoms with Gasteiger partial charge in [-0.05, 0) is 26.0 Å². The Kier molecular flexibility index (Phi) is 7.19. The Balaban J connectivity index is 1.93. The van der Waals surface area contributed by atoms with Crippen molar-refractivity contribution in [3.05, 3.63) is 47.6 Å². The number of aromatic nitrogens is 6. The fourth-order valence-corrected chi connectivity index (χ4v) is 4.36. The van der Waals surface area contributed by atoms with E-state index in [1.807, 2.05) is 13.0 Å². The maximum atomic E-state index is 13.1. The number of hydrogen-bond donors (Lipinski definition) is 1. The van der Waals surface area contributed by atoms with E-state index in [2.05, 4.69) is 29.9 Å². The molecule has 0 saturated carbocycles. The number of pyridine rings is 1. The van der Waals surface area contributed by atoms with Crippen LogP contribution in [0.1, 0.15) is 38.6 Å². The monoisotopic (exact) mass is 465 g/mol. The molecule has 0 aliphatic heterocycles. The summed E-state index contributed by atoms with van der Waals surface area (Å²) in [5.74, 6) is 0.411. The van der Waals surface area contributed by atoms with Gasteiger partial charge in [-0.25, -0.2) is 18.4 Å². The lowest BCUT2D eigenvalue weighted by molar-refractivity contribution is 0.163. The van der Waals surface area contributed by atoms with Gasteiger partial charge in [-0.3, -0.25) is 14.3 Å². The molecule has 0 bridgehead atoms. The second-order valence-electron chi connectivity index (χ2n) is 7.14. The molecule has 3 atom stereocenters. The van der Waals surface area contributed by atoms with E-state index >= 15 is 0 Å². The summed E-state index contributed by atoms with van der Waals surface area (Å²) in [6.07, 6.45) is 4.51. The zero-order valence-corrected chi connectivity index (χ0v) is 19.2. The van der Waals surface area contributed by atoms with E-state index in [9.17, 15) is 8.42 Å². The molecule has 3 aromatic heterocycles. The summed E-state index contributed by atoms with van der Waals surface area (Å²) in [5, 5.41) is 7.79. The molecule has 0 amide bonds. The van der Waals surface area contributed by atoms with Gasteiger partial charge in [-0.1, -0.05) is 24.6 Å². The molecule has 0 saturated heterocycles. The number of anilines is 1. The molecule has 3 heterocycles. The van der Waals surface area contributed by atoms with Crippen molar-refractivity contribution in [1.82, 2.24) is 29.7 Å². The Morgan fingerprint density at radius 1 is 1.13 bits per heavy atom. The number of nitrogens with one attached hydrogen (secondary N) is 1. The minimum Gasteiger partial charge on any atom is -0.383 e. The van der Waals surface area contributed by atoms with Crippen LogP contribution in [-0.4, -0.2) is 57.1 Å². The molecule has 3 aromatic rings. The first kappa shape index (κ1) is 23.0. The van der Waals surface area contributed by atoms with Gasteiger partial charge in [0.25, 0.3) is 0 Å². The normalized spacial score (nSPS) is 14.7. The SMILES string of the molecule is COC[C@H](C)n1c(NS(=O)(=O)[C@@H](C)[C@H](C)c2ncc(Cl)cn2)nnc1-c1ccccn1. The Bertz CT molecular complexity index is 1110. The first-order valence-corrected chi connectivity index (χ1v) is 11.5. The summed E-state index contributed by atoms with van der Waals surface area (Å²) < 4.78 is 35.8. The molecule has 3 rings (SSSR count). The van der Waals surface area contributed by atoms with Crippen LogP contribution in [0.5, 0.6) is 0 Å². The average molecular weight is 466 g/mol. The predicted octanol–water partition coefficient (Wildman–Crippen LogP) is 2.92. The third kappa shape index (κ3) is 5.17. The molecular formula is C19H24ClN7O3S. The number of rotatable bonds is 9. The number of methoxy groups -OCH3 is 1.